The highest BCUT2D eigenvalue weighted by atomic mass is 35.5. The topological polar surface area (TPSA) is 112 Å². The van der Waals surface area contributed by atoms with E-state index in [-0.39, 0.29) is 47.0 Å². The standard InChI is InChI=1S/C20H18ClF3N6O3/c1-2-29(28-20(32)33)19(31)25-4-3-17-15(23)5-11(8-26-17)14-6-12(21)7-16(24)18(14)30-10-13(22)9-27-30/h5-10,28H,2-4H2,1H3,(H,25,31)(H,32,33). The van der Waals surface area contributed by atoms with Gasteiger partial charge in [-0.15, -0.1) is 0 Å². The number of hydrazine groups is 1. The molecular formula is C20H18ClF3N6O3. The monoisotopic (exact) mass is 482 g/mol. The van der Waals surface area contributed by atoms with Gasteiger partial charge in [-0.25, -0.2) is 37.9 Å². The SMILES string of the molecule is CCN(NC(=O)O)C(=O)NCCc1ncc(-c2cc(Cl)cc(F)c2-n2cc(F)cn2)cc1F. The molecule has 9 nitrogen and oxygen atoms in total. The fourth-order valence-electron chi connectivity index (χ4n) is 3.01. The van der Waals surface area contributed by atoms with Crippen molar-refractivity contribution in [2.24, 2.45) is 0 Å². The highest BCUT2D eigenvalue weighted by Crippen LogP contribution is 2.32. The lowest BCUT2D eigenvalue weighted by Crippen LogP contribution is -2.50. The molecular weight excluding hydrogens is 465 g/mol. The van der Waals surface area contributed by atoms with Crippen LogP contribution in [0.2, 0.25) is 5.02 Å². The first kappa shape index (κ1) is 23.9. The van der Waals surface area contributed by atoms with Crippen LogP contribution >= 0.6 is 11.6 Å². The van der Waals surface area contributed by atoms with E-state index in [4.69, 9.17) is 16.7 Å². The zero-order valence-corrected chi connectivity index (χ0v) is 17.9. The molecule has 0 saturated heterocycles. The number of pyridine rings is 1. The minimum atomic E-state index is -1.40. The number of urea groups is 1. The van der Waals surface area contributed by atoms with Crippen molar-refractivity contribution in [3.8, 4) is 16.8 Å². The predicted molar refractivity (Wildman–Crippen MR) is 112 cm³/mol. The average molecular weight is 483 g/mol. The summed E-state index contributed by atoms with van der Waals surface area (Å²) in [7, 11) is 0. The highest BCUT2D eigenvalue weighted by molar-refractivity contribution is 6.31. The molecule has 3 rings (SSSR count). The maximum absolute atomic E-state index is 14.7. The number of hydrogen-bond acceptors (Lipinski definition) is 4. The molecule has 2 aromatic heterocycles. The Balaban J connectivity index is 1.79. The number of aromatic nitrogens is 3. The number of halogens is 4. The number of nitrogens with zero attached hydrogens (tertiary/aromatic N) is 4. The maximum atomic E-state index is 14.7. The van der Waals surface area contributed by atoms with Gasteiger partial charge < -0.3 is 10.4 Å². The van der Waals surface area contributed by atoms with Crippen molar-refractivity contribution < 1.29 is 27.9 Å². The smallest absolute Gasteiger partial charge is 0.423 e. The van der Waals surface area contributed by atoms with Gasteiger partial charge in [-0.1, -0.05) is 11.6 Å². The molecule has 0 spiro atoms. The van der Waals surface area contributed by atoms with Crippen LogP contribution in [0.25, 0.3) is 16.8 Å². The van der Waals surface area contributed by atoms with E-state index >= 15 is 0 Å². The molecule has 0 aliphatic carbocycles. The Bertz CT molecular complexity index is 1190. The van der Waals surface area contributed by atoms with Crippen molar-refractivity contribution in [2.75, 3.05) is 13.1 Å². The van der Waals surface area contributed by atoms with Crippen LogP contribution in [0, 0.1) is 17.5 Å². The Kier molecular flexibility index (Phi) is 7.38. The Labute approximate surface area is 190 Å². The zero-order chi connectivity index (χ0) is 24.1. The van der Waals surface area contributed by atoms with Crippen LogP contribution in [0.5, 0.6) is 0 Å². The van der Waals surface area contributed by atoms with Crippen LogP contribution in [0.4, 0.5) is 22.8 Å². The normalized spacial score (nSPS) is 10.7. The number of carbonyl (C=O) groups excluding carboxylic acids is 1. The Morgan fingerprint density at radius 2 is 1.94 bits per heavy atom. The summed E-state index contributed by atoms with van der Waals surface area (Å²) in [6.45, 7) is 1.63. The van der Waals surface area contributed by atoms with Crippen molar-refractivity contribution in [3.05, 3.63) is 65.0 Å². The average Bonchev–Trinajstić information content (AvgIpc) is 3.17. The Morgan fingerprint density at radius 1 is 1.18 bits per heavy atom. The first-order valence-corrected chi connectivity index (χ1v) is 9.96. The van der Waals surface area contributed by atoms with Gasteiger partial charge in [0.15, 0.2) is 11.6 Å². The Morgan fingerprint density at radius 3 is 2.55 bits per heavy atom. The number of carboxylic acid groups (broad SMARTS) is 1. The minimum absolute atomic E-state index is 0.00358. The number of rotatable bonds is 6. The molecule has 174 valence electrons. The highest BCUT2D eigenvalue weighted by Gasteiger charge is 2.18. The number of hydrogen-bond donors (Lipinski definition) is 3. The maximum Gasteiger partial charge on any atom is 0.423 e. The van der Waals surface area contributed by atoms with E-state index in [0.717, 1.165) is 34.2 Å². The van der Waals surface area contributed by atoms with Crippen molar-refractivity contribution >= 4 is 23.7 Å². The van der Waals surface area contributed by atoms with Crippen LogP contribution in [0.3, 0.4) is 0 Å². The lowest BCUT2D eigenvalue weighted by Gasteiger charge is -2.20. The van der Waals surface area contributed by atoms with Gasteiger partial charge >= 0.3 is 12.1 Å². The third-order valence-electron chi connectivity index (χ3n) is 4.47. The summed E-state index contributed by atoms with van der Waals surface area (Å²) >= 11 is 5.96. The number of amides is 3. The van der Waals surface area contributed by atoms with Gasteiger partial charge in [0.1, 0.15) is 11.5 Å². The van der Waals surface area contributed by atoms with Gasteiger partial charge in [0, 0.05) is 41.9 Å². The van der Waals surface area contributed by atoms with Gasteiger partial charge in [0.2, 0.25) is 0 Å². The van der Waals surface area contributed by atoms with E-state index < -0.39 is 29.6 Å². The third-order valence-corrected chi connectivity index (χ3v) is 4.68. The molecule has 3 aromatic rings. The van der Waals surface area contributed by atoms with E-state index in [9.17, 15) is 22.8 Å². The second-order valence-electron chi connectivity index (χ2n) is 6.68. The van der Waals surface area contributed by atoms with Crippen LogP contribution in [0.1, 0.15) is 12.6 Å². The first-order chi connectivity index (χ1) is 15.7. The van der Waals surface area contributed by atoms with Crippen molar-refractivity contribution in [1.29, 1.82) is 0 Å². The molecule has 0 saturated carbocycles. The molecule has 0 fully saturated rings. The molecule has 1 aromatic carbocycles. The van der Waals surface area contributed by atoms with Gasteiger partial charge in [0.25, 0.3) is 0 Å². The zero-order valence-electron chi connectivity index (χ0n) is 17.1. The molecule has 0 unspecified atom stereocenters. The lowest BCUT2D eigenvalue weighted by atomic mass is 10.0. The molecule has 0 atom stereocenters. The predicted octanol–water partition coefficient (Wildman–Crippen LogP) is 3.76. The quantitative estimate of drug-likeness (QED) is 0.463. The number of nitrogens with one attached hydrogen (secondary N) is 2. The van der Waals surface area contributed by atoms with Crippen LogP contribution in [-0.4, -0.2) is 50.1 Å². The fourth-order valence-corrected chi connectivity index (χ4v) is 3.22. The van der Waals surface area contributed by atoms with E-state index in [1.54, 1.807) is 6.92 Å². The second kappa shape index (κ2) is 10.2. The van der Waals surface area contributed by atoms with E-state index in [0.29, 0.717) is 0 Å². The summed E-state index contributed by atoms with van der Waals surface area (Å²) in [6.07, 6.45) is 1.77. The molecule has 33 heavy (non-hydrogen) atoms. The summed E-state index contributed by atoms with van der Waals surface area (Å²) in [4.78, 5) is 26.7. The second-order valence-corrected chi connectivity index (χ2v) is 7.12. The van der Waals surface area contributed by atoms with Crippen molar-refractivity contribution in [3.63, 3.8) is 0 Å². The summed E-state index contributed by atoms with van der Waals surface area (Å²) in [5.41, 5.74) is 2.13. The summed E-state index contributed by atoms with van der Waals surface area (Å²) in [5.74, 6) is -2.20. The van der Waals surface area contributed by atoms with Crippen LogP contribution in [0.15, 0.2) is 36.8 Å². The first-order valence-electron chi connectivity index (χ1n) is 9.59. The molecule has 0 aliphatic rings. The molecule has 0 bridgehead atoms. The van der Waals surface area contributed by atoms with E-state index in [1.165, 1.54) is 12.3 Å². The third kappa shape index (κ3) is 5.71. The van der Waals surface area contributed by atoms with Gasteiger partial charge in [-0.3, -0.25) is 4.98 Å². The van der Waals surface area contributed by atoms with Crippen molar-refractivity contribution in [2.45, 2.75) is 13.3 Å². The molecule has 2 heterocycles. The number of carbonyl (C=O) groups is 2. The Hall–Kier alpha value is -3.80. The summed E-state index contributed by atoms with van der Waals surface area (Å²) in [6, 6.07) is 2.81. The summed E-state index contributed by atoms with van der Waals surface area (Å²) in [5, 5.41) is 15.8. The van der Waals surface area contributed by atoms with Gasteiger partial charge in [-0.2, -0.15) is 5.10 Å². The minimum Gasteiger partial charge on any atom is -0.464 e. The largest absolute Gasteiger partial charge is 0.464 e. The molecule has 3 N–H and O–H groups in total. The van der Waals surface area contributed by atoms with Crippen molar-refractivity contribution in [1.82, 2.24) is 30.5 Å². The molecule has 0 radical (unpaired) electrons. The summed E-state index contributed by atoms with van der Waals surface area (Å²) < 4.78 is 43.7. The molecule has 13 heteroatoms. The number of benzene rings is 1. The van der Waals surface area contributed by atoms with Gasteiger partial charge in [-0.05, 0) is 25.1 Å². The van der Waals surface area contributed by atoms with Gasteiger partial charge in [0.05, 0.1) is 18.1 Å². The van der Waals surface area contributed by atoms with Crippen LogP contribution < -0.4 is 10.7 Å². The van der Waals surface area contributed by atoms with Crippen LogP contribution in [-0.2, 0) is 6.42 Å². The van der Waals surface area contributed by atoms with E-state index in [1.807, 2.05) is 5.43 Å². The lowest BCUT2D eigenvalue weighted by molar-refractivity contribution is 0.145. The molecule has 3 amide bonds. The van der Waals surface area contributed by atoms with E-state index in [2.05, 4.69) is 15.4 Å². The molecule has 0 aliphatic heterocycles. The fraction of sp³-hybridized carbons (Fsp3) is 0.200.